The lowest BCUT2D eigenvalue weighted by atomic mass is 10.2. The molecule has 2 aromatic carbocycles. The van der Waals surface area contributed by atoms with Gasteiger partial charge in [-0.15, -0.1) is 0 Å². The number of rotatable bonds is 5. The van der Waals surface area contributed by atoms with Gasteiger partial charge in [0.2, 0.25) is 0 Å². The van der Waals surface area contributed by atoms with Gasteiger partial charge in [-0.1, -0.05) is 11.6 Å². The Hall–Kier alpha value is -2.87. The maximum atomic E-state index is 13.0. The van der Waals surface area contributed by atoms with Gasteiger partial charge in [0.15, 0.2) is 6.61 Å². The molecule has 1 aliphatic rings. The Balaban J connectivity index is 1.51. The Morgan fingerprint density at radius 2 is 1.81 bits per heavy atom. The number of hydrogen-bond donors (Lipinski definition) is 0. The number of non-ortho nitro benzene ring substituents is 1. The zero-order valence-electron chi connectivity index (χ0n) is 14.3. The lowest BCUT2D eigenvalue weighted by molar-refractivity contribution is -0.384. The molecule has 1 amide bonds. The molecule has 1 saturated heterocycles. The molecule has 142 valence electrons. The number of anilines is 1. The molecule has 1 heterocycles. The van der Waals surface area contributed by atoms with E-state index in [1.54, 1.807) is 17.0 Å². The molecule has 3 rings (SSSR count). The minimum absolute atomic E-state index is 0.0816. The quantitative estimate of drug-likeness (QED) is 0.576. The highest BCUT2D eigenvalue weighted by molar-refractivity contribution is 6.32. The Morgan fingerprint density at radius 1 is 1.15 bits per heavy atom. The molecule has 27 heavy (non-hydrogen) atoms. The number of hydrogen-bond acceptors (Lipinski definition) is 5. The molecule has 0 aliphatic carbocycles. The standard InChI is InChI=1S/C18H17ClFN3O4/c19-16-11-15(23(25)26)5-6-17(16)27-12-18(24)22-9-7-21(8-10-22)14-3-1-13(20)2-4-14/h1-6,11H,7-10,12H2. The summed E-state index contributed by atoms with van der Waals surface area (Å²) < 4.78 is 18.4. The topological polar surface area (TPSA) is 75.9 Å². The van der Waals surface area contributed by atoms with Crippen molar-refractivity contribution >= 4 is 28.9 Å². The average molecular weight is 394 g/mol. The van der Waals surface area contributed by atoms with E-state index >= 15 is 0 Å². The fourth-order valence-corrected chi connectivity index (χ4v) is 3.05. The molecule has 0 spiro atoms. The molecule has 9 heteroatoms. The Labute approximate surface area is 160 Å². The molecular formula is C18H17ClFN3O4. The fourth-order valence-electron chi connectivity index (χ4n) is 2.82. The normalized spacial score (nSPS) is 14.1. The third-order valence-corrected chi connectivity index (χ3v) is 4.60. The van der Waals surface area contributed by atoms with Crippen molar-refractivity contribution < 1.29 is 18.8 Å². The molecular weight excluding hydrogens is 377 g/mol. The van der Waals surface area contributed by atoms with Crippen LogP contribution in [0.3, 0.4) is 0 Å². The van der Waals surface area contributed by atoms with Gasteiger partial charge >= 0.3 is 0 Å². The number of benzene rings is 2. The summed E-state index contributed by atoms with van der Waals surface area (Å²) in [6.45, 7) is 2.11. The van der Waals surface area contributed by atoms with Gasteiger partial charge < -0.3 is 14.5 Å². The van der Waals surface area contributed by atoms with Gasteiger partial charge in [0.1, 0.15) is 11.6 Å². The first-order valence-electron chi connectivity index (χ1n) is 8.29. The van der Waals surface area contributed by atoms with Crippen molar-refractivity contribution in [3.63, 3.8) is 0 Å². The number of ether oxygens (including phenoxy) is 1. The maximum absolute atomic E-state index is 13.0. The van der Waals surface area contributed by atoms with E-state index < -0.39 is 4.92 Å². The SMILES string of the molecule is O=C(COc1ccc([N+](=O)[O-])cc1Cl)N1CCN(c2ccc(F)cc2)CC1. The highest BCUT2D eigenvalue weighted by Gasteiger charge is 2.22. The van der Waals surface area contributed by atoms with Gasteiger partial charge in [-0.25, -0.2) is 4.39 Å². The van der Waals surface area contributed by atoms with Crippen LogP contribution in [0.25, 0.3) is 0 Å². The number of nitrogens with zero attached hydrogens (tertiary/aromatic N) is 3. The van der Waals surface area contributed by atoms with Crippen LogP contribution >= 0.6 is 11.6 Å². The van der Waals surface area contributed by atoms with E-state index in [9.17, 15) is 19.3 Å². The highest BCUT2D eigenvalue weighted by Crippen LogP contribution is 2.28. The van der Waals surface area contributed by atoms with Crippen molar-refractivity contribution in [2.24, 2.45) is 0 Å². The van der Waals surface area contributed by atoms with Crippen LogP contribution in [0.4, 0.5) is 15.8 Å². The van der Waals surface area contributed by atoms with Crippen LogP contribution in [0.2, 0.25) is 5.02 Å². The third kappa shape index (κ3) is 4.65. The molecule has 0 atom stereocenters. The number of carbonyl (C=O) groups is 1. The summed E-state index contributed by atoms with van der Waals surface area (Å²) in [6.07, 6.45) is 0. The molecule has 1 fully saturated rings. The Morgan fingerprint density at radius 3 is 2.41 bits per heavy atom. The average Bonchev–Trinajstić information content (AvgIpc) is 2.67. The zero-order valence-corrected chi connectivity index (χ0v) is 15.1. The second kappa shape index (κ2) is 8.22. The molecule has 0 bridgehead atoms. The molecule has 0 N–H and O–H groups in total. The predicted octanol–water partition coefficient (Wildman–Crippen LogP) is 3.11. The van der Waals surface area contributed by atoms with Crippen molar-refractivity contribution in [2.75, 3.05) is 37.7 Å². The molecule has 0 saturated carbocycles. The van der Waals surface area contributed by atoms with Gasteiger partial charge in [-0.05, 0) is 30.3 Å². The number of carbonyl (C=O) groups excluding carboxylic acids is 1. The molecule has 1 aliphatic heterocycles. The van der Waals surface area contributed by atoms with Crippen LogP contribution < -0.4 is 9.64 Å². The van der Waals surface area contributed by atoms with Gasteiger partial charge in [0, 0.05) is 44.0 Å². The minimum atomic E-state index is -0.554. The summed E-state index contributed by atoms with van der Waals surface area (Å²) in [5.41, 5.74) is 0.771. The monoisotopic (exact) mass is 393 g/mol. The summed E-state index contributed by atoms with van der Waals surface area (Å²) in [5, 5.41) is 10.8. The summed E-state index contributed by atoms with van der Waals surface area (Å²) in [6, 6.07) is 10.1. The van der Waals surface area contributed by atoms with E-state index in [2.05, 4.69) is 4.90 Å². The Kier molecular flexibility index (Phi) is 5.75. The van der Waals surface area contributed by atoms with Crippen LogP contribution in [-0.2, 0) is 4.79 Å². The van der Waals surface area contributed by atoms with Crippen molar-refractivity contribution in [3.8, 4) is 5.75 Å². The number of piperazine rings is 1. The molecule has 0 aromatic heterocycles. The summed E-state index contributed by atoms with van der Waals surface area (Å²) in [4.78, 5) is 26.2. The van der Waals surface area contributed by atoms with Gasteiger partial charge in [-0.2, -0.15) is 0 Å². The van der Waals surface area contributed by atoms with E-state index in [1.807, 2.05) is 0 Å². The second-order valence-corrected chi connectivity index (χ2v) is 6.41. The van der Waals surface area contributed by atoms with Crippen LogP contribution in [0.5, 0.6) is 5.75 Å². The van der Waals surface area contributed by atoms with Crippen LogP contribution in [0.15, 0.2) is 42.5 Å². The number of halogens is 2. The molecule has 0 radical (unpaired) electrons. The summed E-state index contributed by atoms with van der Waals surface area (Å²) >= 11 is 5.95. The van der Waals surface area contributed by atoms with E-state index in [0.717, 1.165) is 5.69 Å². The smallest absolute Gasteiger partial charge is 0.271 e. The van der Waals surface area contributed by atoms with E-state index in [-0.39, 0.29) is 34.8 Å². The van der Waals surface area contributed by atoms with E-state index in [1.165, 1.54) is 30.3 Å². The lowest BCUT2D eigenvalue weighted by Crippen LogP contribution is -2.50. The fraction of sp³-hybridized carbons (Fsp3) is 0.278. The predicted molar refractivity (Wildman–Crippen MR) is 98.8 cm³/mol. The van der Waals surface area contributed by atoms with Gasteiger partial charge in [0.25, 0.3) is 11.6 Å². The van der Waals surface area contributed by atoms with Crippen molar-refractivity contribution in [1.29, 1.82) is 0 Å². The molecule has 7 nitrogen and oxygen atoms in total. The number of nitro benzene ring substituents is 1. The zero-order chi connectivity index (χ0) is 19.4. The van der Waals surface area contributed by atoms with Crippen LogP contribution in [0.1, 0.15) is 0 Å². The van der Waals surface area contributed by atoms with Crippen molar-refractivity contribution in [2.45, 2.75) is 0 Å². The second-order valence-electron chi connectivity index (χ2n) is 6.00. The number of amides is 1. The van der Waals surface area contributed by atoms with Gasteiger partial charge in [-0.3, -0.25) is 14.9 Å². The van der Waals surface area contributed by atoms with Gasteiger partial charge in [0.05, 0.1) is 9.95 Å². The molecule has 2 aromatic rings. The first-order chi connectivity index (χ1) is 12.9. The lowest BCUT2D eigenvalue weighted by Gasteiger charge is -2.36. The van der Waals surface area contributed by atoms with E-state index in [4.69, 9.17) is 16.3 Å². The largest absolute Gasteiger partial charge is 0.482 e. The summed E-state index contributed by atoms with van der Waals surface area (Å²) in [5.74, 6) is -0.252. The minimum Gasteiger partial charge on any atom is -0.482 e. The first-order valence-corrected chi connectivity index (χ1v) is 8.67. The van der Waals surface area contributed by atoms with E-state index in [0.29, 0.717) is 26.2 Å². The number of nitro groups is 1. The van der Waals surface area contributed by atoms with Crippen LogP contribution in [0, 0.1) is 15.9 Å². The third-order valence-electron chi connectivity index (χ3n) is 4.30. The van der Waals surface area contributed by atoms with Crippen molar-refractivity contribution in [3.05, 3.63) is 63.4 Å². The molecule has 0 unspecified atom stereocenters. The summed E-state index contributed by atoms with van der Waals surface area (Å²) in [7, 11) is 0. The first kappa shape index (κ1) is 18.9. The van der Waals surface area contributed by atoms with Crippen molar-refractivity contribution in [1.82, 2.24) is 4.90 Å². The highest BCUT2D eigenvalue weighted by atomic mass is 35.5. The maximum Gasteiger partial charge on any atom is 0.271 e. The Bertz CT molecular complexity index is 839. The van der Waals surface area contributed by atoms with Crippen LogP contribution in [-0.4, -0.2) is 48.5 Å².